The zero-order valence-corrected chi connectivity index (χ0v) is 15.7. The van der Waals surface area contributed by atoms with Gasteiger partial charge in [-0.15, -0.1) is 0 Å². The Morgan fingerprint density at radius 3 is 2.76 bits per heavy atom. The second-order valence-corrected chi connectivity index (χ2v) is 8.38. The summed E-state index contributed by atoms with van der Waals surface area (Å²) in [5.41, 5.74) is 2.82. The Hall–Kier alpha value is -1.06. The SMILES string of the molecule is c1cc([C@@H]2CC[C@@H]3CCCCN32)ccc1NCCCC1CCCNC1. The van der Waals surface area contributed by atoms with E-state index in [0.29, 0.717) is 6.04 Å². The topological polar surface area (TPSA) is 27.3 Å². The Morgan fingerprint density at radius 2 is 1.92 bits per heavy atom. The standard InChI is InChI=1S/C22H35N3/c1-2-16-25-21(7-1)12-13-22(25)19-8-10-20(11-9-19)24-15-4-6-18-5-3-14-23-17-18/h8-11,18,21-24H,1-7,12-17H2/t18?,21-,22-/m0/s1. The van der Waals surface area contributed by atoms with Gasteiger partial charge in [0.05, 0.1) is 0 Å². The summed E-state index contributed by atoms with van der Waals surface area (Å²) in [4.78, 5) is 2.78. The summed E-state index contributed by atoms with van der Waals surface area (Å²) in [7, 11) is 0. The van der Waals surface area contributed by atoms with E-state index in [1.165, 1.54) is 88.7 Å². The molecule has 3 heteroatoms. The molecule has 0 saturated carbocycles. The van der Waals surface area contributed by atoms with Crippen molar-refractivity contribution in [1.29, 1.82) is 0 Å². The Balaban J connectivity index is 1.23. The molecule has 3 aliphatic heterocycles. The molecule has 3 aliphatic rings. The van der Waals surface area contributed by atoms with Crippen molar-refractivity contribution in [2.24, 2.45) is 5.92 Å². The van der Waals surface area contributed by atoms with E-state index in [2.05, 4.69) is 39.8 Å². The number of rotatable bonds is 6. The van der Waals surface area contributed by atoms with E-state index >= 15 is 0 Å². The maximum absolute atomic E-state index is 3.62. The summed E-state index contributed by atoms with van der Waals surface area (Å²) < 4.78 is 0. The number of fused-ring (bicyclic) bond motifs is 1. The maximum atomic E-state index is 3.62. The van der Waals surface area contributed by atoms with E-state index in [1.54, 1.807) is 0 Å². The maximum Gasteiger partial charge on any atom is 0.0351 e. The highest BCUT2D eigenvalue weighted by Crippen LogP contribution is 2.40. The molecular weight excluding hydrogens is 306 g/mol. The smallest absolute Gasteiger partial charge is 0.0351 e. The monoisotopic (exact) mass is 341 g/mol. The summed E-state index contributed by atoms with van der Waals surface area (Å²) in [6.07, 6.45) is 12.4. The molecule has 3 saturated heterocycles. The van der Waals surface area contributed by atoms with Gasteiger partial charge in [-0.05, 0) is 94.6 Å². The van der Waals surface area contributed by atoms with Gasteiger partial charge in [-0.2, -0.15) is 0 Å². The average Bonchev–Trinajstić information content (AvgIpc) is 3.11. The van der Waals surface area contributed by atoms with Crippen molar-refractivity contribution in [3.05, 3.63) is 29.8 Å². The molecule has 3 heterocycles. The van der Waals surface area contributed by atoms with Crippen molar-refractivity contribution in [2.45, 2.75) is 69.9 Å². The Bertz CT molecular complexity index is 521. The minimum Gasteiger partial charge on any atom is -0.385 e. The van der Waals surface area contributed by atoms with Crippen LogP contribution < -0.4 is 10.6 Å². The van der Waals surface area contributed by atoms with Crippen molar-refractivity contribution in [2.75, 3.05) is 31.5 Å². The molecule has 0 aromatic heterocycles. The lowest BCUT2D eigenvalue weighted by atomic mass is 9.95. The molecule has 1 aromatic rings. The van der Waals surface area contributed by atoms with Crippen LogP contribution in [0, 0.1) is 5.92 Å². The van der Waals surface area contributed by atoms with Gasteiger partial charge < -0.3 is 10.6 Å². The van der Waals surface area contributed by atoms with Crippen LogP contribution in [0.4, 0.5) is 5.69 Å². The second kappa shape index (κ2) is 8.55. The zero-order chi connectivity index (χ0) is 16.9. The highest BCUT2D eigenvalue weighted by atomic mass is 15.2. The van der Waals surface area contributed by atoms with Crippen LogP contribution in [0.25, 0.3) is 0 Å². The average molecular weight is 342 g/mol. The first kappa shape index (κ1) is 17.4. The first-order chi connectivity index (χ1) is 12.4. The molecule has 0 amide bonds. The van der Waals surface area contributed by atoms with Gasteiger partial charge in [-0.1, -0.05) is 18.6 Å². The molecule has 138 valence electrons. The largest absolute Gasteiger partial charge is 0.385 e. The van der Waals surface area contributed by atoms with Crippen LogP contribution in [0.2, 0.25) is 0 Å². The number of anilines is 1. The van der Waals surface area contributed by atoms with Crippen molar-refractivity contribution in [1.82, 2.24) is 10.2 Å². The van der Waals surface area contributed by atoms with Crippen molar-refractivity contribution in [3.8, 4) is 0 Å². The second-order valence-electron chi connectivity index (χ2n) is 8.38. The summed E-state index contributed by atoms with van der Waals surface area (Å²) >= 11 is 0. The molecule has 0 aliphatic carbocycles. The quantitative estimate of drug-likeness (QED) is 0.742. The molecule has 0 radical (unpaired) electrons. The number of nitrogens with one attached hydrogen (secondary N) is 2. The molecule has 1 unspecified atom stereocenters. The third-order valence-corrected chi connectivity index (χ3v) is 6.66. The van der Waals surface area contributed by atoms with Gasteiger partial charge in [-0.3, -0.25) is 4.90 Å². The number of benzene rings is 1. The summed E-state index contributed by atoms with van der Waals surface area (Å²) in [6.45, 7) is 4.87. The third kappa shape index (κ3) is 4.38. The number of nitrogens with zero attached hydrogens (tertiary/aromatic N) is 1. The Labute approximate surface area is 153 Å². The number of hydrogen-bond donors (Lipinski definition) is 2. The van der Waals surface area contributed by atoms with E-state index in [4.69, 9.17) is 0 Å². The molecule has 3 fully saturated rings. The van der Waals surface area contributed by atoms with Crippen LogP contribution in [0.5, 0.6) is 0 Å². The fourth-order valence-corrected chi connectivity index (χ4v) is 5.23. The van der Waals surface area contributed by atoms with E-state index in [9.17, 15) is 0 Å². The van der Waals surface area contributed by atoms with Crippen molar-refractivity contribution < 1.29 is 0 Å². The fourth-order valence-electron chi connectivity index (χ4n) is 5.23. The lowest BCUT2D eigenvalue weighted by Crippen LogP contribution is -2.35. The van der Waals surface area contributed by atoms with E-state index in [-0.39, 0.29) is 0 Å². The molecule has 1 aromatic carbocycles. The van der Waals surface area contributed by atoms with Gasteiger partial charge in [0.15, 0.2) is 0 Å². The molecule has 2 N–H and O–H groups in total. The Morgan fingerprint density at radius 1 is 1.00 bits per heavy atom. The van der Waals surface area contributed by atoms with Crippen LogP contribution in [0.3, 0.4) is 0 Å². The van der Waals surface area contributed by atoms with Crippen molar-refractivity contribution in [3.63, 3.8) is 0 Å². The van der Waals surface area contributed by atoms with Gasteiger partial charge in [0.1, 0.15) is 0 Å². The third-order valence-electron chi connectivity index (χ3n) is 6.66. The molecule has 25 heavy (non-hydrogen) atoms. The van der Waals surface area contributed by atoms with Gasteiger partial charge in [0.25, 0.3) is 0 Å². The first-order valence-corrected chi connectivity index (χ1v) is 10.7. The Kier molecular flexibility index (Phi) is 5.94. The van der Waals surface area contributed by atoms with Crippen molar-refractivity contribution >= 4 is 5.69 Å². The van der Waals surface area contributed by atoms with Crippen LogP contribution in [-0.4, -0.2) is 37.1 Å². The molecule has 3 atom stereocenters. The van der Waals surface area contributed by atoms with E-state index in [1.807, 2.05) is 0 Å². The molecule has 4 rings (SSSR count). The minimum atomic E-state index is 0.679. The minimum absolute atomic E-state index is 0.679. The lowest BCUT2D eigenvalue weighted by molar-refractivity contribution is 0.150. The summed E-state index contributed by atoms with van der Waals surface area (Å²) in [6, 6.07) is 10.9. The zero-order valence-electron chi connectivity index (χ0n) is 15.7. The predicted octanol–water partition coefficient (Wildman–Crippen LogP) is 4.57. The van der Waals surface area contributed by atoms with Crippen LogP contribution in [0.15, 0.2) is 24.3 Å². The normalized spacial score (nSPS) is 30.2. The predicted molar refractivity (Wildman–Crippen MR) is 106 cm³/mol. The van der Waals surface area contributed by atoms with Gasteiger partial charge in [0, 0.05) is 24.3 Å². The van der Waals surface area contributed by atoms with Crippen LogP contribution in [0.1, 0.15) is 69.4 Å². The molecule has 0 spiro atoms. The summed E-state index contributed by atoms with van der Waals surface area (Å²) in [5, 5.41) is 7.15. The highest BCUT2D eigenvalue weighted by molar-refractivity contribution is 5.45. The van der Waals surface area contributed by atoms with E-state index < -0.39 is 0 Å². The number of hydrogen-bond acceptors (Lipinski definition) is 3. The molecular formula is C22H35N3. The first-order valence-electron chi connectivity index (χ1n) is 10.7. The molecule has 3 nitrogen and oxygen atoms in total. The van der Waals surface area contributed by atoms with Gasteiger partial charge in [-0.25, -0.2) is 0 Å². The lowest BCUT2D eigenvalue weighted by Gasteiger charge is -2.34. The highest BCUT2D eigenvalue weighted by Gasteiger charge is 2.35. The van der Waals surface area contributed by atoms with Gasteiger partial charge >= 0.3 is 0 Å². The summed E-state index contributed by atoms with van der Waals surface area (Å²) in [5.74, 6) is 0.901. The van der Waals surface area contributed by atoms with Crippen LogP contribution in [-0.2, 0) is 0 Å². The van der Waals surface area contributed by atoms with Gasteiger partial charge in [0.2, 0.25) is 0 Å². The van der Waals surface area contributed by atoms with Crippen LogP contribution >= 0.6 is 0 Å². The number of piperidine rings is 2. The van der Waals surface area contributed by atoms with E-state index in [0.717, 1.165) is 18.5 Å². The molecule has 0 bridgehead atoms. The fraction of sp³-hybridized carbons (Fsp3) is 0.727.